The van der Waals surface area contributed by atoms with Crippen LogP contribution in [0.5, 0.6) is 0 Å². The standard InChI is InChI=1S/C19H17NO3/c21-18-13-12-15(11-10-14-6-2-1-3-7-14)19(18)16-8-4-5-9-17(16)20(22)23/h1-11,15,19H,12-13H2/b11-10+/t15-,19-/m1/s1. The van der Waals surface area contributed by atoms with E-state index in [1.807, 2.05) is 42.5 Å². The Morgan fingerprint density at radius 3 is 2.48 bits per heavy atom. The third-order valence-electron chi connectivity index (χ3n) is 4.30. The average molecular weight is 307 g/mol. The summed E-state index contributed by atoms with van der Waals surface area (Å²) in [4.78, 5) is 23.2. The molecule has 3 rings (SSSR count). The Bertz CT molecular complexity index is 752. The second kappa shape index (κ2) is 6.57. The van der Waals surface area contributed by atoms with Crippen molar-refractivity contribution in [1.82, 2.24) is 0 Å². The lowest BCUT2D eigenvalue weighted by Gasteiger charge is -2.15. The van der Waals surface area contributed by atoms with Crippen molar-refractivity contribution in [2.75, 3.05) is 0 Å². The molecule has 2 aromatic rings. The van der Waals surface area contributed by atoms with E-state index in [2.05, 4.69) is 0 Å². The highest BCUT2D eigenvalue weighted by Crippen LogP contribution is 2.41. The van der Waals surface area contributed by atoms with Crippen LogP contribution in [0, 0.1) is 16.0 Å². The first-order valence-electron chi connectivity index (χ1n) is 7.66. The first kappa shape index (κ1) is 15.2. The van der Waals surface area contributed by atoms with Crippen LogP contribution in [0.3, 0.4) is 0 Å². The number of benzene rings is 2. The molecule has 0 spiro atoms. The van der Waals surface area contributed by atoms with Crippen molar-refractivity contribution in [2.45, 2.75) is 18.8 Å². The van der Waals surface area contributed by atoms with E-state index in [-0.39, 0.29) is 17.4 Å². The van der Waals surface area contributed by atoms with Gasteiger partial charge < -0.3 is 0 Å². The number of ketones is 1. The lowest BCUT2D eigenvalue weighted by Crippen LogP contribution is -2.13. The summed E-state index contributed by atoms with van der Waals surface area (Å²) in [6.07, 6.45) is 5.21. The van der Waals surface area contributed by atoms with Crippen molar-refractivity contribution in [3.63, 3.8) is 0 Å². The molecule has 0 aliphatic heterocycles. The fraction of sp³-hybridized carbons (Fsp3) is 0.211. The fourth-order valence-corrected chi connectivity index (χ4v) is 3.20. The number of para-hydroxylation sites is 1. The van der Waals surface area contributed by atoms with Gasteiger partial charge in [-0.05, 0) is 17.9 Å². The van der Waals surface area contributed by atoms with Gasteiger partial charge in [0.25, 0.3) is 5.69 Å². The molecule has 1 aliphatic rings. The molecular formula is C19H17NO3. The summed E-state index contributed by atoms with van der Waals surface area (Å²) in [5.74, 6) is -0.331. The zero-order chi connectivity index (χ0) is 16.2. The van der Waals surface area contributed by atoms with Crippen molar-refractivity contribution in [3.8, 4) is 0 Å². The normalized spacial score (nSPS) is 21.0. The first-order valence-corrected chi connectivity index (χ1v) is 7.66. The molecule has 1 aliphatic carbocycles. The number of nitrogens with zero attached hydrogens (tertiary/aromatic N) is 1. The minimum Gasteiger partial charge on any atom is -0.299 e. The molecule has 0 N–H and O–H groups in total. The molecule has 2 aromatic carbocycles. The van der Waals surface area contributed by atoms with Gasteiger partial charge in [0, 0.05) is 18.1 Å². The number of allylic oxidation sites excluding steroid dienone is 1. The van der Waals surface area contributed by atoms with Gasteiger partial charge in [-0.1, -0.05) is 60.7 Å². The van der Waals surface area contributed by atoms with Crippen molar-refractivity contribution in [1.29, 1.82) is 0 Å². The predicted molar refractivity (Wildman–Crippen MR) is 89.0 cm³/mol. The highest BCUT2D eigenvalue weighted by atomic mass is 16.6. The molecule has 116 valence electrons. The van der Waals surface area contributed by atoms with E-state index < -0.39 is 10.8 Å². The molecule has 0 unspecified atom stereocenters. The Morgan fingerprint density at radius 1 is 1.04 bits per heavy atom. The first-order chi connectivity index (χ1) is 11.2. The number of nitro groups is 1. The monoisotopic (exact) mass is 307 g/mol. The Labute approximate surface area is 134 Å². The van der Waals surface area contributed by atoms with E-state index >= 15 is 0 Å². The van der Waals surface area contributed by atoms with E-state index in [1.54, 1.807) is 18.2 Å². The van der Waals surface area contributed by atoms with E-state index in [4.69, 9.17) is 0 Å². The molecule has 4 nitrogen and oxygen atoms in total. The molecule has 0 aromatic heterocycles. The van der Waals surface area contributed by atoms with Crippen molar-refractivity contribution < 1.29 is 9.72 Å². The van der Waals surface area contributed by atoms with Crippen LogP contribution in [0.2, 0.25) is 0 Å². The Balaban J connectivity index is 1.92. The summed E-state index contributed by atoms with van der Waals surface area (Å²) < 4.78 is 0. The zero-order valence-corrected chi connectivity index (χ0v) is 12.6. The SMILES string of the molecule is O=C1CC[C@@H](/C=C/c2ccccc2)[C@@H]1c1ccccc1[N+](=O)[O-]. The van der Waals surface area contributed by atoms with E-state index in [1.165, 1.54) is 6.07 Å². The maximum absolute atomic E-state index is 12.3. The van der Waals surface area contributed by atoms with Gasteiger partial charge >= 0.3 is 0 Å². The van der Waals surface area contributed by atoms with Crippen LogP contribution < -0.4 is 0 Å². The topological polar surface area (TPSA) is 60.2 Å². The molecular weight excluding hydrogens is 290 g/mol. The van der Waals surface area contributed by atoms with Gasteiger partial charge in [0.05, 0.1) is 10.8 Å². The third-order valence-corrected chi connectivity index (χ3v) is 4.30. The number of nitro benzene ring substituents is 1. The molecule has 0 radical (unpaired) electrons. The van der Waals surface area contributed by atoms with Crippen molar-refractivity contribution in [2.24, 2.45) is 5.92 Å². The number of carbonyl (C=O) groups is 1. The Morgan fingerprint density at radius 2 is 1.74 bits per heavy atom. The van der Waals surface area contributed by atoms with Gasteiger partial charge in [-0.3, -0.25) is 14.9 Å². The smallest absolute Gasteiger partial charge is 0.273 e. The second-order valence-corrected chi connectivity index (χ2v) is 5.73. The van der Waals surface area contributed by atoms with Crippen LogP contribution in [0.4, 0.5) is 5.69 Å². The predicted octanol–water partition coefficient (Wildman–Crippen LogP) is 4.37. The van der Waals surface area contributed by atoms with E-state index in [0.29, 0.717) is 12.0 Å². The molecule has 4 heteroatoms. The highest BCUT2D eigenvalue weighted by molar-refractivity contribution is 5.89. The van der Waals surface area contributed by atoms with Gasteiger partial charge in [0.2, 0.25) is 0 Å². The minimum atomic E-state index is -0.420. The average Bonchev–Trinajstić information content (AvgIpc) is 2.94. The molecule has 23 heavy (non-hydrogen) atoms. The van der Waals surface area contributed by atoms with E-state index in [0.717, 1.165) is 12.0 Å². The van der Waals surface area contributed by atoms with Crippen LogP contribution in [0.15, 0.2) is 60.7 Å². The van der Waals surface area contributed by atoms with Crippen molar-refractivity contribution >= 4 is 17.5 Å². The summed E-state index contributed by atoms with van der Waals surface area (Å²) in [7, 11) is 0. The summed E-state index contributed by atoms with van der Waals surface area (Å²) in [5, 5.41) is 11.2. The molecule has 0 bridgehead atoms. The maximum Gasteiger partial charge on any atom is 0.273 e. The molecule has 1 fully saturated rings. The lowest BCUT2D eigenvalue weighted by atomic mass is 9.86. The number of Topliss-reactive ketones (excluding diaryl/α,β-unsaturated/α-hetero) is 1. The van der Waals surface area contributed by atoms with Gasteiger partial charge in [-0.25, -0.2) is 0 Å². The zero-order valence-electron chi connectivity index (χ0n) is 12.6. The summed E-state index contributed by atoms with van der Waals surface area (Å²) >= 11 is 0. The fourth-order valence-electron chi connectivity index (χ4n) is 3.20. The van der Waals surface area contributed by atoms with E-state index in [9.17, 15) is 14.9 Å². The van der Waals surface area contributed by atoms with Gasteiger partial charge in [-0.2, -0.15) is 0 Å². The van der Waals surface area contributed by atoms with Gasteiger partial charge in [-0.15, -0.1) is 0 Å². The molecule has 0 amide bonds. The minimum absolute atomic E-state index is 0.00352. The third kappa shape index (κ3) is 3.21. The highest BCUT2D eigenvalue weighted by Gasteiger charge is 2.37. The lowest BCUT2D eigenvalue weighted by molar-refractivity contribution is -0.385. The van der Waals surface area contributed by atoms with Crippen LogP contribution in [-0.2, 0) is 4.79 Å². The Kier molecular flexibility index (Phi) is 4.33. The second-order valence-electron chi connectivity index (χ2n) is 5.73. The molecule has 0 heterocycles. The quantitative estimate of drug-likeness (QED) is 0.622. The number of hydrogen-bond acceptors (Lipinski definition) is 3. The number of carbonyl (C=O) groups excluding carboxylic acids is 1. The van der Waals surface area contributed by atoms with Crippen LogP contribution in [-0.4, -0.2) is 10.7 Å². The van der Waals surface area contributed by atoms with Crippen LogP contribution >= 0.6 is 0 Å². The molecule has 1 saturated carbocycles. The van der Waals surface area contributed by atoms with Gasteiger partial charge in [0.15, 0.2) is 0 Å². The number of rotatable bonds is 4. The maximum atomic E-state index is 12.3. The molecule has 2 atom stereocenters. The Hall–Kier alpha value is -2.75. The van der Waals surface area contributed by atoms with Crippen molar-refractivity contribution in [3.05, 3.63) is 81.9 Å². The number of hydrogen-bond donors (Lipinski definition) is 0. The summed E-state index contributed by atoms with van der Waals surface area (Å²) in [6.45, 7) is 0. The summed E-state index contributed by atoms with van der Waals surface area (Å²) in [6, 6.07) is 16.4. The summed E-state index contributed by atoms with van der Waals surface area (Å²) in [5.41, 5.74) is 1.63. The van der Waals surface area contributed by atoms with Crippen LogP contribution in [0.25, 0.3) is 6.08 Å². The molecule has 0 saturated heterocycles. The largest absolute Gasteiger partial charge is 0.299 e. The van der Waals surface area contributed by atoms with Gasteiger partial charge in [0.1, 0.15) is 5.78 Å². The van der Waals surface area contributed by atoms with Crippen LogP contribution in [0.1, 0.15) is 29.9 Å².